The van der Waals surface area contributed by atoms with Crippen LogP contribution in [0.2, 0.25) is 0 Å². The molecule has 0 radical (unpaired) electrons. The van der Waals surface area contributed by atoms with Gasteiger partial charge in [-0.3, -0.25) is 9.59 Å². The molecule has 5 heteroatoms. The first kappa shape index (κ1) is 17.5. The third-order valence-corrected chi connectivity index (χ3v) is 4.42. The number of carbonyl (C=O) groups excluding carboxylic acids is 2. The number of para-hydroxylation sites is 1. The van der Waals surface area contributed by atoms with Gasteiger partial charge in [0.15, 0.2) is 0 Å². The van der Waals surface area contributed by atoms with Gasteiger partial charge in [-0.25, -0.2) is 0 Å². The van der Waals surface area contributed by atoms with E-state index in [2.05, 4.69) is 12.2 Å². The molecule has 1 heterocycles. The Labute approximate surface area is 138 Å². The van der Waals surface area contributed by atoms with Crippen molar-refractivity contribution < 1.29 is 9.59 Å². The van der Waals surface area contributed by atoms with Crippen LogP contribution in [0.3, 0.4) is 0 Å². The summed E-state index contributed by atoms with van der Waals surface area (Å²) in [5.74, 6) is 0.414. The van der Waals surface area contributed by atoms with Crippen molar-refractivity contribution in [1.82, 2.24) is 4.90 Å². The van der Waals surface area contributed by atoms with Gasteiger partial charge in [-0.2, -0.15) is 0 Å². The van der Waals surface area contributed by atoms with Crippen LogP contribution in [0.25, 0.3) is 0 Å². The highest BCUT2D eigenvalue weighted by atomic mass is 16.2. The van der Waals surface area contributed by atoms with Crippen LogP contribution in [-0.4, -0.2) is 35.8 Å². The first-order valence-corrected chi connectivity index (χ1v) is 8.47. The van der Waals surface area contributed by atoms with Gasteiger partial charge in [0, 0.05) is 13.1 Å². The highest BCUT2D eigenvalue weighted by molar-refractivity contribution is 6.04. The van der Waals surface area contributed by atoms with Gasteiger partial charge in [-0.1, -0.05) is 32.4 Å². The minimum atomic E-state index is -0.543. The highest BCUT2D eigenvalue weighted by Crippen LogP contribution is 2.22. The molecule has 1 aromatic rings. The maximum Gasteiger partial charge on any atom is 0.255 e. The molecule has 2 amide bonds. The van der Waals surface area contributed by atoms with Gasteiger partial charge in [-0.15, -0.1) is 0 Å². The molecule has 1 saturated heterocycles. The quantitative estimate of drug-likeness (QED) is 0.876. The smallest absolute Gasteiger partial charge is 0.255 e. The number of nitrogens with zero attached hydrogens (tertiary/aromatic N) is 1. The average molecular weight is 317 g/mol. The average Bonchev–Trinajstić information content (AvgIpc) is 2.55. The summed E-state index contributed by atoms with van der Waals surface area (Å²) in [5, 5.41) is 2.81. The Balaban J connectivity index is 2.10. The number of likely N-dealkylation sites (tertiary alicyclic amines) is 1. The standard InChI is InChI=1S/C18H27N3O2/c1-3-6-15(19)17(22)20-16-8-5-4-7-14(16)18(23)21-11-9-13(2)10-12-21/h4-5,7-8,13,15H,3,6,9-12,19H2,1-2H3,(H,20,22). The van der Waals surface area contributed by atoms with Gasteiger partial charge in [-0.05, 0) is 37.3 Å². The summed E-state index contributed by atoms with van der Waals surface area (Å²) in [6.07, 6.45) is 3.54. The van der Waals surface area contributed by atoms with Crippen molar-refractivity contribution in [3.63, 3.8) is 0 Å². The van der Waals surface area contributed by atoms with Crippen LogP contribution in [0.15, 0.2) is 24.3 Å². The van der Waals surface area contributed by atoms with E-state index in [1.807, 2.05) is 24.0 Å². The Bertz CT molecular complexity index is 551. The van der Waals surface area contributed by atoms with Crippen LogP contribution in [0.5, 0.6) is 0 Å². The van der Waals surface area contributed by atoms with E-state index >= 15 is 0 Å². The van der Waals surface area contributed by atoms with E-state index in [-0.39, 0.29) is 11.8 Å². The lowest BCUT2D eigenvalue weighted by atomic mass is 9.98. The summed E-state index contributed by atoms with van der Waals surface area (Å²) in [7, 11) is 0. The Morgan fingerprint density at radius 2 is 1.96 bits per heavy atom. The molecule has 1 aliphatic rings. The predicted octanol–water partition coefficient (Wildman–Crippen LogP) is 2.62. The molecule has 0 spiro atoms. The summed E-state index contributed by atoms with van der Waals surface area (Å²) in [4.78, 5) is 26.8. The van der Waals surface area contributed by atoms with Gasteiger partial charge in [0.05, 0.1) is 17.3 Å². The van der Waals surface area contributed by atoms with E-state index in [0.717, 1.165) is 32.4 Å². The van der Waals surface area contributed by atoms with Gasteiger partial charge in [0.2, 0.25) is 5.91 Å². The van der Waals surface area contributed by atoms with E-state index < -0.39 is 6.04 Å². The minimum Gasteiger partial charge on any atom is -0.339 e. The molecule has 1 fully saturated rings. The van der Waals surface area contributed by atoms with Crippen molar-refractivity contribution in [2.24, 2.45) is 11.7 Å². The fraction of sp³-hybridized carbons (Fsp3) is 0.556. The molecule has 1 atom stereocenters. The van der Waals surface area contributed by atoms with Crippen LogP contribution >= 0.6 is 0 Å². The Kier molecular flexibility index (Phi) is 6.16. The molecule has 126 valence electrons. The maximum absolute atomic E-state index is 12.7. The summed E-state index contributed by atoms with van der Waals surface area (Å²) in [5.41, 5.74) is 6.94. The monoisotopic (exact) mass is 317 g/mol. The van der Waals surface area contributed by atoms with Crippen molar-refractivity contribution in [2.75, 3.05) is 18.4 Å². The molecule has 0 aromatic heterocycles. The highest BCUT2D eigenvalue weighted by Gasteiger charge is 2.24. The number of carbonyl (C=O) groups is 2. The lowest BCUT2D eigenvalue weighted by Crippen LogP contribution is -2.39. The van der Waals surface area contributed by atoms with Crippen LogP contribution in [0.1, 0.15) is 49.9 Å². The minimum absolute atomic E-state index is 0.0168. The summed E-state index contributed by atoms with van der Waals surface area (Å²) in [6, 6.07) is 6.62. The molecule has 0 saturated carbocycles. The lowest BCUT2D eigenvalue weighted by Gasteiger charge is -2.31. The Morgan fingerprint density at radius 1 is 1.30 bits per heavy atom. The van der Waals surface area contributed by atoms with Crippen molar-refractivity contribution in [2.45, 2.75) is 45.6 Å². The molecular weight excluding hydrogens is 290 g/mol. The molecule has 1 aromatic carbocycles. The summed E-state index contributed by atoms with van der Waals surface area (Å²) in [6.45, 7) is 5.75. The van der Waals surface area contributed by atoms with E-state index in [1.54, 1.807) is 12.1 Å². The first-order valence-electron chi connectivity index (χ1n) is 8.47. The number of nitrogens with one attached hydrogen (secondary N) is 1. The van der Waals surface area contributed by atoms with E-state index in [0.29, 0.717) is 23.6 Å². The maximum atomic E-state index is 12.7. The second-order valence-electron chi connectivity index (χ2n) is 6.40. The molecule has 5 nitrogen and oxygen atoms in total. The number of benzene rings is 1. The molecule has 1 unspecified atom stereocenters. The molecule has 0 bridgehead atoms. The summed E-state index contributed by atoms with van der Waals surface area (Å²) < 4.78 is 0. The third-order valence-electron chi connectivity index (χ3n) is 4.42. The summed E-state index contributed by atoms with van der Waals surface area (Å²) >= 11 is 0. The zero-order valence-electron chi connectivity index (χ0n) is 14.0. The van der Waals surface area contributed by atoms with Crippen LogP contribution < -0.4 is 11.1 Å². The third kappa shape index (κ3) is 4.55. The number of nitrogens with two attached hydrogens (primary N) is 1. The molecule has 3 N–H and O–H groups in total. The number of hydrogen-bond acceptors (Lipinski definition) is 3. The molecule has 23 heavy (non-hydrogen) atoms. The van der Waals surface area contributed by atoms with Crippen molar-refractivity contribution in [3.05, 3.63) is 29.8 Å². The van der Waals surface area contributed by atoms with Gasteiger partial charge < -0.3 is 16.0 Å². The van der Waals surface area contributed by atoms with E-state index in [9.17, 15) is 9.59 Å². The lowest BCUT2D eigenvalue weighted by molar-refractivity contribution is -0.117. The zero-order chi connectivity index (χ0) is 16.8. The number of anilines is 1. The van der Waals surface area contributed by atoms with Gasteiger partial charge >= 0.3 is 0 Å². The first-order chi connectivity index (χ1) is 11.0. The Hall–Kier alpha value is -1.88. The van der Waals surface area contributed by atoms with E-state index in [1.165, 1.54) is 0 Å². The van der Waals surface area contributed by atoms with Crippen molar-refractivity contribution >= 4 is 17.5 Å². The topological polar surface area (TPSA) is 75.4 Å². The molecule has 2 rings (SSSR count). The fourth-order valence-corrected chi connectivity index (χ4v) is 2.83. The second kappa shape index (κ2) is 8.11. The van der Waals surface area contributed by atoms with Crippen LogP contribution in [0.4, 0.5) is 5.69 Å². The fourth-order valence-electron chi connectivity index (χ4n) is 2.83. The predicted molar refractivity (Wildman–Crippen MR) is 92.3 cm³/mol. The van der Waals surface area contributed by atoms with Crippen molar-refractivity contribution in [3.8, 4) is 0 Å². The van der Waals surface area contributed by atoms with Gasteiger partial charge in [0.1, 0.15) is 0 Å². The van der Waals surface area contributed by atoms with Crippen LogP contribution in [0, 0.1) is 5.92 Å². The van der Waals surface area contributed by atoms with Gasteiger partial charge in [0.25, 0.3) is 5.91 Å². The Morgan fingerprint density at radius 3 is 2.61 bits per heavy atom. The number of amides is 2. The SMILES string of the molecule is CCCC(N)C(=O)Nc1ccccc1C(=O)N1CCC(C)CC1. The largest absolute Gasteiger partial charge is 0.339 e. The number of piperidine rings is 1. The number of hydrogen-bond donors (Lipinski definition) is 2. The second-order valence-corrected chi connectivity index (χ2v) is 6.40. The van der Waals surface area contributed by atoms with Crippen molar-refractivity contribution in [1.29, 1.82) is 0 Å². The number of rotatable bonds is 5. The van der Waals surface area contributed by atoms with Crippen LogP contribution in [-0.2, 0) is 4.79 Å². The molecular formula is C18H27N3O2. The molecule has 1 aliphatic heterocycles. The van der Waals surface area contributed by atoms with E-state index in [4.69, 9.17) is 5.73 Å². The zero-order valence-corrected chi connectivity index (χ0v) is 14.0. The molecule has 0 aliphatic carbocycles. The normalized spacial score (nSPS) is 16.9.